The van der Waals surface area contributed by atoms with Gasteiger partial charge in [-0.15, -0.1) is 0 Å². The van der Waals surface area contributed by atoms with Gasteiger partial charge in [-0.2, -0.15) is 5.10 Å². The topological polar surface area (TPSA) is 111 Å². The molecule has 1 saturated heterocycles. The summed E-state index contributed by atoms with van der Waals surface area (Å²) in [4.78, 5) is 8.98. The number of aromatic nitrogens is 4. The number of nitrogens with one attached hydrogen (secondary N) is 2. The molecule has 0 aliphatic carbocycles. The van der Waals surface area contributed by atoms with E-state index in [-0.39, 0.29) is 16.9 Å². The highest BCUT2D eigenvalue weighted by atomic mass is 35.5. The van der Waals surface area contributed by atoms with E-state index < -0.39 is 20.7 Å². The number of hydrogen-bond donors (Lipinski definition) is 2. The molecule has 2 aromatic heterocycles. The number of benzene rings is 2. The minimum absolute atomic E-state index is 0.117. The van der Waals surface area contributed by atoms with Crippen molar-refractivity contribution in [3.8, 4) is 11.4 Å². The Morgan fingerprint density at radius 1 is 1.16 bits per heavy atom. The molecular formula is C25H25ClFN6O3S. The predicted molar refractivity (Wildman–Crippen MR) is 140 cm³/mol. The van der Waals surface area contributed by atoms with Crippen LogP contribution >= 0.6 is 11.6 Å². The summed E-state index contributed by atoms with van der Waals surface area (Å²) in [6.07, 6.45) is 2.72. The normalized spacial score (nSPS) is 16.2. The first-order valence-corrected chi connectivity index (χ1v) is 13.6. The van der Waals surface area contributed by atoms with Gasteiger partial charge in [0.2, 0.25) is 0 Å². The molecule has 12 heteroatoms. The third-order valence-electron chi connectivity index (χ3n) is 6.01. The van der Waals surface area contributed by atoms with Crippen molar-refractivity contribution in [2.45, 2.75) is 44.2 Å². The fourth-order valence-electron chi connectivity index (χ4n) is 4.28. The quantitative estimate of drug-likeness (QED) is 0.308. The van der Waals surface area contributed by atoms with Gasteiger partial charge in [0, 0.05) is 29.4 Å². The molecule has 1 atom stereocenters. The molecule has 3 heterocycles. The van der Waals surface area contributed by atoms with Crippen molar-refractivity contribution in [3.05, 3.63) is 65.5 Å². The van der Waals surface area contributed by atoms with Gasteiger partial charge in [-0.25, -0.2) is 27.5 Å². The minimum Gasteiger partial charge on any atom is -0.365 e. The lowest BCUT2D eigenvalue weighted by atomic mass is 10.2. The van der Waals surface area contributed by atoms with Gasteiger partial charge in [-0.3, -0.25) is 4.72 Å². The Morgan fingerprint density at radius 3 is 2.65 bits per heavy atom. The molecule has 0 bridgehead atoms. The van der Waals surface area contributed by atoms with Crippen LogP contribution in [0.3, 0.4) is 0 Å². The van der Waals surface area contributed by atoms with Crippen molar-refractivity contribution < 1.29 is 17.5 Å². The standard InChI is InChI=1S/C25H25ClFN6O3S/c1-3-28-24-22-15(2)31-33(21-6-4-5-13-36-21)25(22)30-23(29-24)16-7-10-18(11-8-16)32-37(34,35)20-14-17(26)9-12-19(20)27/h3,7-12,14,21,32H,4-6,13H2,1-2H3,(H,28,29,30). The predicted octanol–water partition coefficient (Wildman–Crippen LogP) is 5.69. The summed E-state index contributed by atoms with van der Waals surface area (Å²) in [5.41, 5.74) is 2.35. The molecule has 1 radical (unpaired) electrons. The Morgan fingerprint density at radius 2 is 1.95 bits per heavy atom. The van der Waals surface area contributed by atoms with Crippen molar-refractivity contribution in [2.24, 2.45) is 0 Å². The highest BCUT2D eigenvalue weighted by Gasteiger charge is 2.24. The van der Waals surface area contributed by atoms with E-state index in [1.165, 1.54) is 6.07 Å². The molecule has 1 aliphatic rings. The van der Waals surface area contributed by atoms with E-state index in [0.717, 1.165) is 42.5 Å². The number of aryl methyl sites for hydroxylation is 1. The van der Waals surface area contributed by atoms with Gasteiger partial charge in [0.25, 0.3) is 10.0 Å². The van der Waals surface area contributed by atoms with Crippen LogP contribution in [-0.4, -0.2) is 34.8 Å². The molecule has 0 saturated carbocycles. The van der Waals surface area contributed by atoms with Crippen molar-refractivity contribution >= 4 is 44.2 Å². The SMILES string of the molecule is C[CH]Nc1nc(-c2ccc(NS(=O)(=O)c3cc(Cl)ccc3F)cc2)nc2c1c(C)nn2C1CCCCO1. The number of nitrogens with zero attached hydrogens (tertiary/aromatic N) is 4. The van der Waals surface area contributed by atoms with E-state index in [0.29, 0.717) is 29.5 Å². The van der Waals surface area contributed by atoms with Gasteiger partial charge in [0.1, 0.15) is 16.5 Å². The zero-order valence-electron chi connectivity index (χ0n) is 20.2. The van der Waals surface area contributed by atoms with Crippen molar-refractivity contribution in [1.29, 1.82) is 0 Å². The van der Waals surface area contributed by atoms with E-state index in [4.69, 9.17) is 31.4 Å². The molecule has 0 spiro atoms. The average molecular weight is 544 g/mol. The highest BCUT2D eigenvalue weighted by Crippen LogP contribution is 2.32. The summed E-state index contributed by atoms with van der Waals surface area (Å²) < 4.78 is 49.7. The second-order valence-electron chi connectivity index (χ2n) is 8.64. The molecule has 9 nitrogen and oxygen atoms in total. The molecule has 37 heavy (non-hydrogen) atoms. The number of fused-ring (bicyclic) bond motifs is 1. The van der Waals surface area contributed by atoms with Gasteiger partial charge in [0.15, 0.2) is 17.7 Å². The number of hydrogen-bond acceptors (Lipinski definition) is 7. The first-order valence-electron chi connectivity index (χ1n) is 11.8. The van der Waals surface area contributed by atoms with Crippen molar-refractivity contribution in [2.75, 3.05) is 16.6 Å². The number of rotatable bonds is 7. The lowest BCUT2D eigenvalue weighted by Crippen LogP contribution is -2.19. The Balaban J connectivity index is 1.50. The van der Waals surface area contributed by atoms with Crippen LogP contribution in [-0.2, 0) is 14.8 Å². The Kier molecular flexibility index (Phi) is 7.02. The van der Waals surface area contributed by atoms with Crippen LogP contribution < -0.4 is 10.0 Å². The summed E-state index contributed by atoms with van der Waals surface area (Å²) >= 11 is 5.86. The van der Waals surface area contributed by atoms with Crippen molar-refractivity contribution in [1.82, 2.24) is 19.7 Å². The van der Waals surface area contributed by atoms with Crippen LogP contribution in [0.2, 0.25) is 5.02 Å². The first kappa shape index (κ1) is 25.4. The largest absolute Gasteiger partial charge is 0.365 e. The maximum absolute atomic E-state index is 14.1. The summed E-state index contributed by atoms with van der Waals surface area (Å²) in [5.74, 6) is 0.157. The molecule has 193 valence electrons. The Hall–Kier alpha value is -3.28. The Labute approximate surface area is 219 Å². The van der Waals surface area contributed by atoms with Crippen LogP contribution in [0.15, 0.2) is 47.4 Å². The molecule has 2 N–H and O–H groups in total. The maximum Gasteiger partial charge on any atom is 0.264 e. The smallest absolute Gasteiger partial charge is 0.264 e. The summed E-state index contributed by atoms with van der Waals surface area (Å²) in [6, 6.07) is 9.88. The molecule has 0 amide bonds. The van der Waals surface area contributed by atoms with E-state index in [1.54, 1.807) is 30.8 Å². The molecule has 1 aliphatic heterocycles. The molecule has 2 aromatic carbocycles. The van der Waals surface area contributed by atoms with Crippen LogP contribution in [0.4, 0.5) is 15.9 Å². The van der Waals surface area contributed by atoms with Gasteiger partial charge in [-0.1, -0.05) is 11.6 Å². The van der Waals surface area contributed by atoms with E-state index in [1.807, 2.05) is 18.5 Å². The lowest BCUT2D eigenvalue weighted by Gasteiger charge is -2.23. The lowest BCUT2D eigenvalue weighted by molar-refractivity contribution is -0.0371. The highest BCUT2D eigenvalue weighted by molar-refractivity contribution is 7.92. The average Bonchev–Trinajstić information content (AvgIpc) is 3.23. The monoisotopic (exact) mass is 543 g/mol. The zero-order chi connectivity index (χ0) is 26.2. The number of ether oxygens (including phenoxy) is 1. The summed E-state index contributed by atoms with van der Waals surface area (Å²) in [7, 11) is -4.18. The molecule has 1 fully saturated rings. The number of anilines is 2. The second-order valence-corrected chi connectivity index (χ2v) is 10.7. The fourth-order valence-corrected chi connectivity index (χ4v) is 5.68. The van der Waals surface area contributed by atoms with Crippen molar-refractivity contribution in [3.63, 3.8) is 0 Å². The molecular weight excluding hydrogens is 519 g/mol. The van der Waals surface area contributed by atoms with E-state index in [2.05, 4.69) is 10.0 Å². The second kappa shape index (κ2) is 10.2. The maximum atomic E-state index is 14.1. The van der Waals surface area contributed by atoms with Crippen LogP contribution in [0.25, 0.3) is 22.4 Å². The van der Waals surface area contributed by atoms with Gasteiger partial charge in [-0.05, 0) is 75.6 Å². The molecule has 5 rings (SSSR count). The summed E-state index contributed by atoms with van der Waals surface area (Å²) in [5, 5.41) is 8.81. The van der Waals surface area contributed by atoms with Gasteiger partial charge in [0.05, 0.1) is 11.1 Å². The molecule has 4 aromatic rings. The Bertz CT molecular complexity index is 1550. The minimum atomic E-state index is -4.18. The van der Waals surface area contributed by atoms with Crippen LogP contribution in [0.5, 0.6) is 0 Å². The number of halogens is 2. The third-order valence-corrected chi connectivity index (χ3v) is 7.65. The van der Waals surface area contributed by atoms with Gasteiger partial charge >= 0.3 is 0 Å². The third kappa shape index (κ3) is 5.11. The number of sulfonamides is 1. The first-order chi connectivity index (χ1) is 17.8. The van der Waals surface area contributed by atoms with E-state index >= 15 is 0 Å². The van der Waals surface area contributed by atoms with Crippen LogP contribution in [0.1, 0.15) is 38.1 Å². The summed E-state index contributed by atoms with van der Waals surface area (Å²) in [6.45, 7) is 6.23. The van der Waals surface area contributed by atoms with Crippen LogP contribution in [0, 0.1) is 19.3 Å². The fraction of sp³-hybridized carbons (Fsp3) is 0.280. The zero-order valence-corrected chi connectivity index (χ0v) is 21.8. The van der Waals surface area contributed by atoms with Gasteiger partial charge < -0.3 is 10.1 Å². The van der Waals surface area contributed by atoms with E-state index in [9.17, 15) is 12.8 Å². The molecule has 1 unspecified atom stereocenters.